The lowest BCUT2D eigenvalue weighted by Gasteiger charge is -2.46. The molecule has 0 saturated carbocycles. The van der Waals surface area contributed by atoms with Crippen LogP contribution in [0, 0.1) is 5.92 Å². The van der Waals surface area contributed by atoms with E-state index in [0.29, 0.717) is 0 Å². The van der Waals surface area contributed by atoms with Gasteiger partial charge in [-0.05, 0) is 45.1 Å². The number of rotatable bonds is 4. The minimum absolute atomic E-state index is 0.766. The molecule has 0 aromatic rings. The van der Waals surface area contributed by atoms with Crippen molar-refractivity contribution in [1.29, 1.82) is 0 Å². The molecule has 0 spiro atoms. The average molecular weight is 238 g/mol. The second-order valence-corrected chi connectivity index (χ2v) is 6.53. The topological polar surface area (TPSA) is 6.48 Å². The minimum Gasteiger partial charge on any atom is -0.298 e. The summed E-state index contributed by atoms with van der Waals surface area (Å²) in [6, 6.07) is 2.44. The lowest BCUT2D eigenvalue weighted by atomic mass is 9.98. The van der Waals surface area contributed by atoms with Crippen LogP contribution in [0.15, 0.2) is 0 Å². The van der Waals surface area contributed by atoms with Gasteiger partial charge in [0.2, 0.25) is 0 Å². The molecule has 2 heteroatoms. The summed E-state index contributed by atoms with van der Waals surface area (Å²) in [5.41, 5.74) is 0. The van der Waals surface area contributed by atoms with Crippen LogP contribution in [0.2, 0.25) is 0 Å². The van der Waals surface area contributed by atoms with Gasteiger partial charge in [-0.2, -0.15) is 0 Å². The van der Waals surface area contributed by atoms with Gasteiger partial charge >= 0.3 is 0 Å². The van der Waals surface area contributed by atoms with E-state index in [4.69, 9.17) is 0 Å². The monoisotopic (exact) mass is 238 g/mol. The zero-order valence-corrected chi connectivity index (χ0v) is 12.2. The standard InChI is InChI=1S/C15H30N2/c1-5-14-10-16-8-6-7-15(16)11-17(14)13(4)9-12(2)3/h12-15H,5-11H2,1-4H3. The highest BCUT2D eigenvalue weighted by atomic mass is 15.3. The molecule has 0 aromatic heterocycles. The van der Waals surface area contributed by atoms with Crippen LogP contribution >= 0.6 is 0 Å². The van der Waals surface area contributed by atoms with Crippen LogP contribution in [0.3, 0.4) is 0 Å². The molecule has 2 aliphatic heterocycles. The van der Waals surface area contributed by atoms with Crippen LogP contribution in [0.5, 0.6) is 0 Å². The van der Waals surface area contributed by atoms with Gasteiger partial charge < -0.3 is 0 Å². The summed E-state index contributed by atoms with van der Waals surface area (Å²) in [5, 5.41) is 0. The van der Waals surface area contributed by atoms with E-state index in [2.05, 4.69) is 37.5 Å². The second-order valence-electron chi connectivity index (χ2n) is 6.53. The summed E-state index contributed by atoms with van der Waals surface area (Å²) in [7, 11) is 0. The van der Waals surface area contributed by atoms with E-state index in [9.17, 15) is 0 Å². The van der Waals surface area contributed by atoms with Gasteiger partial charge in [-0.1, -0.05) is 20.8 Å². The average Bonchev–Trinajstić information content (AvgIpc) is 2.73. The van der Waals surface area contributed by atoms with Crippen molar-refractivity contribution in [2.24, 2.45) is 5.92 Å². The highest BCUT2D eigenvalue weighted by Crippen LogP contribution is 2.28. The predicted octanol–water partition coefficient (Wildman–Crippen LogP) is 2.98. The van der Waals surface area contributed by atoms with E-state index in [-0.39, 0.29) is 0 Å². The maximum atomic E-state index is 2.81. The van der Waals surface area contributed by atoms with E-state index in [1.54, 1.807) is 0 Å². The Kier molecular flexibility index (Phi) is 4.48. The summed E-state index contributed by atoms with van der Waals surface area (Å²) in [4.78, 5) is 5.55. The smallest absolute Gasteiger partial charge is 0.0224 e. The molecule has 0 amide bonds. The van der Waals surface area contributed by atoms with Gasteiger partial charge in [-0.15, -0.1) is 0 Å². The Morgan fingerprint density at radius 3 is 2.59 bits per heavy atom. The molecule has 2 saturated heterocycles. The predicted molar refractivity (Wildman–Crippen MR) is 74.3 cm³/mol. The number of hydrogen-bond donors (Lipinski definition) is 0. The second kappa shape index (κ2) is 5.71. The summed E-state index contributed by atoms with van der Waals surface area (Å²) in [6.45, 7) is 13.5. The highest BCUT2D eigenvalue weighted by Gasteiger charge is 2.37. The fourth-order valence-electron chi connectivity index (χ4n) is 3.83. The molecule has 2 heterocycles. The normalized spacial score (nSPS) is 33.0. The summed E-state index contributed by atoms with van der Waals surface area (Å²) >= 11 is 0. The van der Waals surface area contributed by atoms with Crippen molar-refractivity contribution < 1.29 is 0 Å². The fourth-order valence-corrected chi connectivity index (χ4v) is 3.83. The van der Waals surface area contributed by atoms with Crippen LogP contribution in [0.4, 0.5) is 0 Å². The molecule has 0 radical (unpaired) electrons. The first-order valence-electron chi connectivity index (χ1n) is 7.61. The van der Waals surface area contributed by atoms with E-state index in [0.717, 1.165) is 24.0 Å². The Hall–Kier alpha value is -0.0800. The Bertz CT molecular complexity index is 239. The molecule has 2 fully saturated rings. The highest BCUT2D eigenvalue weighted by molar-refractivity contribution is 4.93. The molecule has 3 atom stereocenters. The van der Waals surface area contributed by atoms with Crippen LogP contribution in [0.1, 0.15) is 53.4 Å². The molecule has 17 heavy (non-hydrogen) atoms. The molecule has 0 aliphatic carbocycles. The summed E-state index contributed by atoms with van der Waals surface area (Å²) < 4.78 is 0. The minimum atomic E-state index is 0.766. The van der Waals surface area contributed by atoms with Gasteiger partial charge in [-0.25, -0.2) is 0 Å². The zero-order valence-electron chi connectivity index (χ0n) is 12.2. The number of nitrogens with zero attached hydrogens (tertiary/aromatic N) is 2. The van der Waals surface area contributed by atoms with Crippen molar-refractivity contribution >= 4 is 0 Å². The van der Waals surface area contributed by atoms with Crippen molar-refractivity contribution in [2.75, 3.05) is 19.6 Å². The maximum absolute atomic E-state index is 2.81. The van der Waals surface area contributed by atoms with Gasteiger partial charge in [0.25, 0.3) is 0 Å². The van der Waals surface area contributed by atoms with Gasteiger partial charge in [0.1, 0.15) is 0 Å². The molecule has 2 nitrogen and oxygen atoms in total. The molecule has 3 unspecified atom stereocenters. The van der Waals surface area contributed by atoms with E-state index >= 15 is 0 Å². The van der Waals surface area contributed by atoms with Crippen molar-refractivity contribution in [2.45, 2.75) is 71.5 Å². The SMILES string of the molecule is CCC1CN2CCCC2CN1C(C)CC(C)C. The third-order valence-electron chi connectivity index (χ3n) is 4.68. The number of hydrogen-bond acceptors (Lipinski definition) is 2. The van der Waals surface area contributed by atoms with Gasteiger partial charge in [0.15, 0.2) is 0 Å². The Morgan fingerprint density at radius 2 is 1.94 bits per heavy atom. The quantitative estimate of drug-likeness (QED) is 0.743. The van der Waals surface area contributed by atoms with Crippen molar-refractivity contribution in [3.05, 3.63) is 0 Å². The van der Waals surface area contributed by atoms with Crippen molar-refractivity contribution in [3.63, 3.8) is 0 Å². The van der Waals surface area contributed by atoms with Crippen LogP contribution < -0.4 is 0 Å². The molecule has 0 bridgehead atoms. The lowest BCUT2D eigenvalue weighted by Crippen LogP contribution is -2.58. The summed E-state index contributed by atoms with van der Waals surface area (Å²) in [5.74, 6) is 0.823. The van der Waals surface area contributed by atoms with E-state index < -0.39 is 0 Å². The lowest BCUT2D eigenvalue weighted by molar-refractivity contribution is 0.0177. The zero-order chi connectivity index (χ0) is 12.4. The molecule has 100 valence electrons. The van der Waals surface area contributed by atoms with E-state index in [1.807, 2.05) is 0 Å². The van der Waals surface area contributed by atoms with Gasteiger partial charge in [0.05, 0.1) is 0 Å². The Balaban J connectivity index is 1.98. The van der Waals surface area contributed by atoms with E-state index in [1.165, 1.54) is 45.3 Å². The maximum Gasteiger partial charge on any atom is 0.0224 e. The van der Waals surface area contributed by atoms with Crippen molar-refractivity contribution in [1.82, 2.24) is 9.80 Å². The first-order valence-corrected chi connectivity index (χ1v) is 7.61. The van der Waals surface area contributed by atoms with Gasteiger partial charge in [-0.3, -0.25) is 9.80 Å². The first-order chi connectivity index (χ1) is 8.11. The molecular weight excluding hydrogens is 208 g/mol. The molecule has 2 aliphatic rings. The van der Waals surface area contributed by atoms with Crippen LogP contribution in [-0.4, -0.2) is 47.6 Å². The largest absolute Gasteiger partial charge is 0.298 e. The third-order valence-corrected chi connectivity index (χ3v) is 4.68. The molecule has 2 rings (SSSR count). The summed E-state index contributed by atoms with van der Waals surface area (Å²) in [6.07, 6.45) is 5.52. The molecular formula is C15H30N2. The van der Waals surface area contributed by atoms with Gasteiger partial charge in [0, 0.05) is 31.2 Å². The van der Waals surface area contributed by atoms with Crippen LogP contribution in [-0.2, 0) is 0 Å². The number of piperazine rings is 1. The fraction of sp³-hybridized carbons (Fsp3) is 1.00. The van der Waals surface area contributed by atoms with Crippen LogP contribution in [0.25, 0.3) is 0 Å². The molecule has 0 aromatic carbocycles. The third kappa shape index (κ3) is 3.03. The Morgan fingerprint density at radius 1 is 1.18 bits per heavy atom. The number of fused-ring (bicyclic) bond motifs is 1. The molecule has 0 N–H and O–H groups in total. The Labute approximate surface area is 107 Å². The van der Waals surface area contributed by atoms with Crippen molar-refractivity contribution in [3.8, 4) is 0 Å². The first kappa shape index (κ1) is 13.4.